The number of nitrogens with one attached hydrogen (secondary N) is 1. The number of hydrogen-bond acceptors (Lipinski definition) is 6. The van der Waals surface area contributed by atoms with Gasteiger partial charge in [-0.1, -0.05) is 12.2 Å². The molecule has 0 fully saturated rings. The molecule has 1 amide bonds. The van der Waals surface area contributed by atoms with Crippen molar-refractivity contribution in [1.29, 1.82) is 0 Å². The molecule has 116 valence electrons. The fourth-order valence-electron chi connectivity index (χ4n) is 2.17. The zero-order valence-corrected chi connectivity index (χ0v) is 12.0. The van der Waals surface area contributed by atoms with Gasteiger partial charge in [-0.25, -0.2) is 0 Å². The normalized spacial score (nSPS) is 11.2. The van der Waals surface area contributed by atoms with E-state index in [2.05, 4.69) is 5.32 Å². The monoisotopic (exact) mass is 304 g/mol. The van der Waals surface area contributed by atoms with E-state index in [1.165, 1.54) is 0 Å². The highest BCUT2D eigenvalue weighted by atomic mass is 16.6. The molecule has 0 radical (unpaired) electrons. The van der Waals surface area contributed by atoms with E-state index in [-0.39, 0.29) is 22.5 Å². The summed E-state index contributed by atoms with van der Waals surface area (Å²) < 4.78 is 5.46. The highest BCUT2D eigenvalue weighted by Gasteiger charge is 2.24. The Morgan fingerprint density at radius 3 is 2.77 bits per heavy atom. The minimum atomic E-state index is -0.781. The Hall–Kier alpha value is -2.87. The third kappa shape index (κ3) is 2.91. The van der Waals surface area contributed by atoms with Crippen LogP contribution in [0, 0.1) is 17.0 Å². The molecule has 0 aliphatic carbocycles. The lowest BCUT2D eigenvalue weighted by Gasteiger charge is -2.08. The van der Waals surface area contributed by atoms with Gasteiger partial charge in [-0.3, -0.25) is 14.9 Å². The van der Waals surface area contributed by atoms with Crippen LogP contribution in [-0.4, -0.2) is 23.9 Å². The molecule has 0 saturated heterocycles. The van der Waals surface area contributed by atoms with Crippen molar-refractivity contribution in [1.82, 2.24) is 0 Å². The Balaban J connectivity index is 2.63. The second kappa shape index (κ2) is 6.27. The highest BCUT2D eigenvalue weighted by Crippen LogP contribution is 2.37. The first-order valence-corrected chi connectivity index (χ1v) is 6.56. The standard InChI is InChI=1S/C14H16N4O4/c1-8-6-9-12(17-5-3-2-4-15)11(18(20)21)7-10(14(16)19)13(9)22-8/h2-3,6-7,17H,4-5,15H2,1H3,(H2,16,19)/b3-2+. The first kappa shape index (κ1) is 15.5. The summed E-state index contributed by atoms with van der Waals surface area (Å²) in [7, 11) is 0. The van der Waals surface area contributed by atoms with E-state index in [0.29, 0.717) is 24.2 Å². The number of fused-ring (bicyclic) bond motifs is 1. The van der Waals surface area contributed by atoms with Gasteiger partial charge in [-0.2, -0.15) is 0 Å². The molecule has 22 heavy (non-hydrogen) atoms. The summed E-state index contributed by atoms with van der Waals surface area (Å²) >= 11 is 0. The molecule has 0 saturated carbocycles. The Bertz CT molecular complexity index is 764. The SMILES string of the molecule is Cc1cc2c(NC/C=C/CN)c([N+](=O)[O-])cc(C(N)=O)c2o1. The van der Waals surface area contributed by atoms with Gasteiger partial charge < -0.3 is 21.2 Å². The number of primary amides is 1. The predicted octanol–water partition coefficient (Wildman–Crippen LogP) is 1.68. The third-order valence-electron chi connectivity index (χ3n) is 3.07. The molecule has 0 unspecified atom stereocenters. The lowest BCUT2D eigenvalue weighted by atomic mass is 10.1. The summed E-state index contributed by atoms with van der Waals surface area (Å²) in [5, 5.41) is 14.7. The van der Waals surface area contributed by atoms with Crippen molar-refractivity contribution in [3.63, 3.8) is 0 Å². The van der Waals surface area contributed by atoms with Crippen LogP contribution in [0.5, 0.6) is 0 Å². The molecular formula is C14H16N4O4. The Labute approximate surface area is 125 Å². The molecule has 0 bridgehead atoms. The van der Waals surface area contributed by atoms with Gasteiger partial charge in [0.1, 0.15) is 17.0 Å². The molecule has 8 nitrogen and oxygen atoms in total. The Morgan fingerprint density at radius 1 is 1.45 bits per heavy atom. The van der Waals surface area contributed by atoms with E-state index < -0.39 is 10.8 Å². The lowest BCUT2D eigenvalue weighted by molar-refractivity contribution is -0.383. The Morgan fingerprint density at radius 2 is 2.18 bits per heavy atom. The molecule has 0 aliphatic heterocycles. The number of carbonyl (C=O) groups is 1. The molecule has 2 rings (SSSR count). The zero-order valence-electron chi connectivity index (χ0n) is 12.0. The number of carbonyl (C=O) groups excluding carboxylic acids is 1. The topological polar surface area (TPSA) is 137 Å². The molecule has 1 aromatic carbocycles. The van der Waals surface area contributed by atoms with Gasteiger partial charge >= 0.3 is 0 Å². The second-order valence-electron chi connectivity index (χ2n) is 4.63. The van der Waals surface area contributed by atoms with Crippen molar-refractivity contribution in [3.8, 4) is 0 Å². The first-order chi connectivity index (χ1) is 10.5. The van der Waals surface area contributed by atoms with Crippen LogP contribution in [0.2, 0.25) is 0 Å². The fraction of sp³-hybridized carbons (Fsp3) is 0.214. The molecular weight excluding hydrogens is 288 g/mol. The quantitative estimate of drug-likeness (QED) is 0.421. The number of hydrogen-bond donors (Lipinski definition) is 3. The van der Waals surface area contributed by atoms with Gasteiger partial charge in [0.15, 0.2) is 0 Å². The number of anilines is 1. The van der Waals surface area contributed by atoms with E-state index >= 15 is 0 Å². The summed E-state index contributed by atoms with van der Waals surface area (Å²) in [4.78, 5) is 22.2. The number of nitrogens with two attached hydrogens (primary N) is 2. The van der Waals surface area contributed by atoms with Crippen LogP contribution in [0.25, 0.3) is 11.0 Å². The van der Waals surface area contributed by atoms with Gasteiger partial charge in [0.25, 0.3) is 11.6 Å². The molecule has 0 atom stereocenters. The number of amides is 1. The van der Waals surface area contributed by atoms with Crippen molar-refractivity contribution in [3.05, 3.63) is 45.7 Å². The van der Waals surface area contributed by atoms with Gasteiger partial charge in [0.05, 0.1) is 15.9 Å². The van der Waals surface area contributed by atoms with E-state index in [9.17, 15) is 14.9 Å². The smallest absolute Gasteiger partial charge is 0.294 e. The number of benzene rings is 1. The van der Waals surface area contributed by atoms with Crippen molar-refractivity contribution < 1.29 is 14.1 Å². The van der Waals surface area contributed by atoms with Crippen LogP contribution in [-0.2, 0) is 0 Å². The van der Waals surface area contributed by atoms with Crippen LogP contribution in [0.1, 0.15) is 16.1 Å². The summed E-state index contributed by atoms with van der Waals surface area (Å²) in [6.45, 7) is 2.42. The predicted molar refractivity (Wildman–Crippen MR) is 82.8 cm³/mol. The van der Waals surface area contributed by atoms with E-state index in [4.69, 9.17) is 15.9 Å². The van der Waals surface area contributed by atoms with E-state index in [0.717, 1.165) is 6.07 Å². The van der Waals surface area contributed by atoms with Crippen molar-refractivity contribution >= 4 is 28.3 Å². The summed E-state index contributed by atoms with van der Waals surface area (Å²) in [5.41, 5.74) is 10.9. The first-order valence-electron chi connectivity index (χ1n) is 6.56. The number of nitro benzene ring substituents is 1. The van der Waals surface area contributed by atoms with E-state index in [1.54, 1.807) is 25.1 Å². The molecule has 1 heterocycles. The maximum absolute atomic E-state index is 11.5. The minimum absolute atomic E-state index is 0.0159. The highest BCUT2D eigenvalue weighted by molar-refractivity contribution is 6.10. The average Bonchev–Trinajstić information content (AvgIpc) is 2.83. The summed E-state index contributed by atoms with van der Waals surface area (Å²) in [6, 6.07) is 2.76. The number of nitrogens with zero attached hydrogens (tertiary/aromatic N) is 1. The van der Waals surface area contributed by atoms with Gasteiger partial charge in [-0.05, 0) is 13.0 Å². The van der Waals surface area contributed by atoms with Crippen LogP contribution < -0.4 is 16.8 Å². The zero-order chi connectivity index (χ0) is 16.3. The molecule has 1 aromatic heterocycles. The van der Waals surface area contributed by atoms with Gasteiger partial charge in [0.2, 0.25) is 0 Å². The number of furan rings is 1. The van der Waals surface area contributed by atoms with Crippen molar-refractivity contribution in [2.24, 2.45) is 11.5 Å². The van der Waals surface area contributed by atoms with E-state index in [1.807, 2.05) is 0 Å². The summed E-state index contributed by atoms with van der Waals surface area (Å²) in [6.07, 6.45) is 3.49. The van der Waals surface area contributed by atoms with Gasteiger partial charge in [-0.15, -0.1) is 0 Å². The third-order valence-corrected chi connectivity index (χ3v) is 3.07. The number of aryl methyl sites for hydroxylation is 1. The van der Waals surface area contributed by atoms with Crippen LogP contribution in [0.3, 0.4) is 0 Å². The molecule has 2 aromatic rings. The maximum Gasteiger partial charge on any atom is 0.294 e. The van der Waals surface area contributed by atoms with Crippen molar-refractivity contribution in [2.75, 3.05) is 18.4 Å². The largest absolute Gasteiger partial charge is 0.460 e. The molecule has 5 N–H and O–H groups in total. The number of rotatable bonds is 6. The van der Waals surface area contributed by atoms with Gasteiger partial charge in [0, 0.05) is 19.2 Å². The van der Waals surface area contributed by atoms with Crippen LogP contribution >= 0.6 is 0 Å². The second-order valence-corrected chi connectivity index (χ2v) is 4.63. The minimum Gasteiger partial charge on any atom is -0.460 e. The molecule has 0 aliphatic rings. The number of nitro groups is 1. The van der Waals surface area contributed by atoms with Crippen LogP contribution in [0.15, 0.2) is 28.7 Å². The Kier molecular flexibility index (Phi) is 4.42. The molecule has 0 spiro atoms. The average molecular weight is 304 g/mol. The lowest BCUT2D eigenvalue weighted by Crippen LogP contribution is -2.13. The summed E-state index contributed by atoms with van der Waals surface area (Å²) in [5.74, 6) is -0.254. The van der Waals surface area contributed by atoms with Crippen molar-refractivity contribution in [2.45, 2.75) is 6.92 Å². The fourth-order valence-corrected chi connectivity index (χ4v) is 2.17. The van der Waals surface area contributed by atoms with Crippen LogP contribution in [0.4, 0.5) is 11.4 Å². The molecule has 8 heteroatoms. The maximum atomic E-state index is 11.5.